The van der Waals surface area contributed by atoms with E-state index in [1.54, 1.807) is 7.11 Å². The van der Waals surface area contributed by atoms with Gasteiger partial charge in [-0.15, -0.1) is 0 Å². The highest BCUT2D eigenvalue weighted by molar-refractivity contribution is 7.80. The number of hydrazine groups is 1. The topological polar surface area (TPSA) is 27.7 Å². The molecule has 0 bridgehead atoms. The largest absolute Gasteiger partial charge is 0.497 e. The van der Waals surface area contributed by atoms with Crippen molar-refractivity contribution in [3.05, 3.63) is 29.8 Å². The average Bonchev–Trinajstić information content (AvgIpc) is 2.77. The Kier molecular flexibility index (Phi) is 3.09. The molecule has 1 aromatic carbocycles. The predicted octanol–water partition coefficient (Wildman–Crippen LogP) is 1.89. The van der Waals surface area contributed by atoms with Crippen LogP contribution in [-0.4, -0.2) is 35.3 Å². The number of nitrogens with zero attached hydrogens (tertiary/aromatic N) is 2. The molecule has 2 saturated heterocycles. The molecule has 1 atom stereocenters. The second-order valence-corrected chi connectivity index (χ2v) is 5.01. The molecule has 1 unspecified atom stereocenters. The summed E-state index contributed by atoms with van der Waals surface area (Å²) in [4.78, 5) is 0. The molecule has 3 rings (SSSR count). The first-order valence-corrected chi connectivity index (χ1v) is 6.69. The Morgan fingerprint density at radius 3 is 2.67 bits per heavy atom. The van der Waals surface area contributed by atoms with Crippen molar-refractivity contribution in [2.75, 3.05) is 20.2 Å². The van der Waals surface area contributed by atoms with E-state index in [0.717, 1.165) is 24.0 Å². The Morgan fingerprint density at radius 1 is 1.22 bits per heavy atom. The zero-order valence-electron chi connectivity index (χ0n) is 10.4. The van der Waals surface area contributed by atoms with E-state index in [-0.39, 0.29) is 6.17 Å². The Balaban J connectivity index is 1.84. The van der Waals surface area contributed by atoms with Gasteiger partial charge in [0.1, 0.15) is 11.9 Å². The number of thiocarbonyl (C=S) groups is 1. The normalized spacial score (nSPS) is 23.7. The van der Waals surface area contributed by atoms with Gasteiger partial charge in [-0.05, 0) is 42.8 Å². The quantitative estimate of drug-likeness (QED) is 0.823. The molecule has 0 radical (unpaired) electrons. The minimum Gasteiger partial charge on any atom is -0.497 e. The maximum Gasteiger partial charge on any atom is 0.185 e. The van der Waals surface area contributed by atoms with Crippen LogP contribution in [0.1, 0.15) is 24.6 Å². The van der Waals surface area contributed by atoms with E-state index < -0.39 is 0 Å². The van der Waals surface area contributed by atoms with E-state index in [4.69, 9.17) is 17.0 Å². The SMILES string of the molecule is COc1ccc(C2NC(=S)N3CCCCN23)cc1. The van der Waals surface area contributed by atoms with Gasteiger partial charge in [-0.2, -0.15) is 5.01 Å². The van der Waals surface area contributed by atoms with Gasteiger partial charge in [0, 0.05) is 13.1 Å². The fourth-order valence-electron chi connectivity index (χ4n) is 2.58. The Hall–Kier alpha value is -1.33. The summed E-state index contributed by atoms with van der Waals surface area (Å²) in [6.07, 6.45) is 2.62. The van der Waals surface area contributed by atoms with Crippen molar-refractivity contribution in [3.8, 4) is 5.75 Å². The van der Waals surface area contributed by atoms with Gasteiger partial charge < -0.3 is 10.1 Å². The maximum atomic E-state index is 5.39. The van der Waals surface area contributed by atoms with E-state index in [1.165, 1.54) is 18.4 Å². The second kappa shape index (κ2) is 4.74. The van der Waals surface area contributed by atoms with E-state index >= 15 is 0 Å². The second-order valence-electron chi connectivity index (χ2n) is 4.62. The molecule has 4 nitrogen and oxygen atoms in total. The molecule has 1 N–H and O–H groups in total. The lowest BCUT2D eigenvalue weighted by atomic mass is 10.1. The van der Waals surface area contributed by atoms with Gasteiger partial charge in [-0.25, -0.2) is 0 Å². The Labute approximate surface area is 112 Å². The predicted molar refractivity (Wildman–Crippen MR) is 74.1 cm³/mol. The molecule has 0 aliphatic carbocycles. The Morgan fingerprint density at radius 2 is 1.94 bits per heavy atom. The van der Waals surface area contributed by atoms with Crippen LogP contribution >= 0.6 is 12.2 Å². The lowest BCUT2D eigenvalue weighted by Gasteiger charge is -2.35. The number of nitrogens with one attached hydrogen (secondary N) is 1. The van der Waals surface area contributed by atoms with Crippen LogP contribution < -0.4 is 10.1 Å². The van der Waals surface area contributed by atoms with Crippen molar-refractivity contribution in [3.63, 3.8) is 0 Å². The molecule has 0 aromatic heterocycles. The van der Waals surface area contributed by atoms with Crippen molar-refractivity contribution in [2.24, 2.45) is 0 Å². The zero-order valence-corrected chi connectivity index (χ0v) is 11.2. The van der Waals surface area contributed by atoms with Crippen LogP contribution in [0.3, 0.4) is 0 Å². The molecule has 96 valence electrons. The number of hydrogen-bond acceptors (Lipinski definition) is 3. The molecule has 0 spiro atoms. The first kappa shape index (κ1) is 11.7. The molecule has 2 heterocycles. The van der Waals surface area contributed by atoms with Crippen molar-refractivity contribution >= 4 is 17.3 Å². The van der Waals surface area contributed by atoms with E-state index in [0.29, 0.717) is 0 Å². The lowest BCUT2D eigenvalue weighted by Crippen LogP contribution is -2.44. The third kappa shape index (κ3) is 1.93. The van der Waals surface area contributed by atoms with Crippen LogP contribution in [0.15, 0.2) is 24.3 Å². The highest BCUT2D eigenvalue weighted by Gasteiger charge is 2.36. The van der Waals surface area contributed by atoms with Crippen molar-refractivity contribution in [1.82, 2.24) is 15.3 Å². The summed E-state index contributed by atoms with van der Waals surface area (Å²) in [5.74, 6) is 0.884. The number of methoxy groups -OCH3 is 1. The van der Waals surface area contributed by atoms with Gasteiger partial charge in [0.2, 0.25) is 0 Å². The minimum absolute atomic E-state index is 0.170. The van der Waals surface area contributed by atoms with Gasteiger partial charge in [0.25, 0.3) is 0 Å². The van der Waals surface area contributed by atoms with E-state index in [2.05, 4.69) is 27.5 Å². The highest BCUT2D eigenvalue weighted by atomic mass is 32.1. The first-order chi connectivity index (χ1) is 8.79. The van der Waals surface area contributed by atoms with Crippen molar-refractivity contribution in [2.45, 2.75) is 19.0 Å². The summed E-state index contributed by atoms with van der Waals surface area (Å²) in [5.41, 5.74) is 1.22. The summed E-state index contributed by atoms with van der Waals surface area (Å²) in [7, 11) is 1.68. The van der Waals surface area contributed by atoms with Gasteiger partial charge in [-0.1, -0.05) is 12.1 Å². The summed E-state index contributed by atoms with van der Waals surface area (Å²) in [6.45, 7) is 2.09. The summed E-state index contributed by atoms with van der Waals surface area (Å²) < 4.78 is 5.19. The first-order valence-electron chi connectivity index (χ1n) is 6.28. The molecular weight excluding hydrogens is 246 g/mol. The standard InChI is InChI=1S/C13H17N3OS/c1-17-11-6-4-10(5-7-11)12-14-13(18)16-9-3-2-8-15(12)16/h4-7,12H,2-3,8-9H2,1H3,(H,14,18). The summed E-state index contributed by atoms with van der Waals surface area (Å²) >= 11 is 5.39. The third-order valence-corrected chi connectivity index (χ3v) is 3.87. The Bertz CT molecular complexity index is 448. The number of fused-ring (bicyclic) bond motifs is 1. The molecular formula is C13H17N3OS. The van der Waals surface area contributed by atoms with Crippen LogP contribution in [-0.2, 0) is 0 Å². The monoisotopic (exact) mass is 263 g/mol. The molecule has 5 heteroatoms. The molecule has 2 fully saturated rings. The highest BCUT2D eigenvalue weighted by Crippen LogP contribution is 2.29. The molecule has 2 aliphatic rings. The number of rotatable bonds is 2. The van der Waals surface area contributed by atoms with Crippen LogP contribution in [0.25, 0.3) is 0 Å². The number of hydrogen-bond donors (Lipinski definition) is 1. The van der Waals surface area contributed by atoms with E-state index in [1.807, 2.05) is 12.1 Å². The van der Waals surface area contributed by atoms with Gasteiger partial charge in [0.15, 0.2) is 5.11 Å². The lowest BCUT2D eigenvalue weighted by molar-refractivity contribution is 0.00343. The van der Waals surface area contributed by atoms with Gasteiger partial charge >= 0.3 is 0 Å². The molecule has 2 aliphatic heterocycles. The van der Waals surface area contributed by atoms with Crippen molar-refractivity contribution < 1.29 is 4.74 Å². The molecule has 0 amide bonds. The minimum atomic E-state index is 0.170. The number of ether oxygens (including phenoxy) is 1. The van der Waals surface area contributed by atoms with Crippen LogP contribution in [0.5, 0.6) is 5.75 Å². The fraction of sp³-hybridized carbons (Fsp3) is 0.462. The molecule has 0 saturated carbocycles. The summed E-state index contributed by atoms with van der Waals surface area (Å²) in [5, 5.41) is 8.75. The average molecular weight is 263 g/mol. The van der Waals surface area contributed by atoms with Gasteiger partial charge in [0.05, 0.1) is 7.11 Å². The van der Waals surface area contributed by atoms with E-state index in [9.17, 15) is 0 Å². The summed E-state index contributed by atoms with van der Waals surface area (Å²) in [6, 6.07) is 8.17. The van der Waals surface area contributed by atoms with Gasteiger partial charge in [-0.3, -0.25) is 5.01 Å². The smallest absolute Gasteiger partial charge is 0.185 e. The number of benzene rings is 1. The maximum absolute atomic E-state index is 5.39. The van der Waals surface area contributed by atoms with Crippen molar-refractivity contribution in [1.29, 1.82) is 0 Å². The third-order valence-electron chi connectivity index (χ3n) is 3.54. The fourth-order valence-corrected chi connectivity index (χ4v) is 2.89. The van der Waals surface area contributed by atoms with Crippen LogP contribution in [0.4, 0.5) is 0 Å². The molecule has 1 aromatic rings. The van der Waals surface area contributed by atoms with Crippen LogP contribution in [0, 0.1) is 0 Å². The van der Waals surface area contributed by atoms with Crippen LogP contribution in [0.2, 0.25) is 0 Å². The molecule has 18 heavy (non-hydrogen) atoms. The zero-order chi connectivity index (χ0) is 12.5.